The first-order valence-electron chi connectivity index (χ1n) is 5.68. The molecule has 90 valence electrons. The predicted octanol–water partition coefficient (Wildman–Crippen LogP) is 2.27. The maximum atomic E-state index is 12.1. The zero-order valence-corrected chi connectivity index (χ0v) is 10.1. The van der Waals surface area contributed by atoms with E-state index in [0.717, 1.165) is 5.56 Å². The first-order valence-corrected chi connectivity index (χ1v) is 5.68. The lowest BCUT2D eigenvalue weighted by Crippen LogP contribution is -2.20. The van der Waals surface area contributed by atoms with Crippen LogP contribution in [-0.2, 0) is 16.0 Å². The van der Waals surface area contributed by atoms with Gasteiger partial charge >= 0.3 is 0 Å². The van der Waals surface area contributed by atoms with Crippen LogP contribution in [0.2, 0.25) is 0 Å². The van der Waals surface area contributed by atoms with Crippen molar-refractivity contribution < 1.29 is 9.59 Å². The molecular weight excluding hydrogens is 226 g/mol. The highest BCUT2D eigenvalue weighted by Crippen LogP contribution is 2.15. The normalized spacial score (nSPS) is 15.2. The fourth-order valence-electron chi connectivity index (χ4n) is 1.85. The number of allylic oxidation sites excluding steroid dienone is 4. The quantitative estimate of drug-likeness (QED) is 0.822. The van der Waals surface area contributed by atoms with Crippen LogP contribution in [0.1, 0.15) is 12.5 Å². The molecule has 0 bridgehead atoms. The van der Waals surface area contributed by atoms with Crippen LogP contribution < -0.4 is 0 Å². The van der Waals surface area contributed by atoms with Crippen molar-refractivity contribution >= 4 is 17.3 Å². The van der Waals surface area contributed by atoms with Gasteiger partial charge in [0, 0.05) is 12.0 Å². The van der Waals surface area contributed by atoms with E-state index in [4.69, 9.17) is 5.41 Å². The highest BCUT2D eigenvalue weighted by atomic mass is 16.1. The summed E-state index contributed by atoms with van der Waals surface area (Å²) in [5.74, 6) is -0.410. The summed E-state index contributed by atoms with van der Waals surface area (Å²) < 4.78 is 0. The molecule has 1 aliphatic carbocycles. The number of rotatable bonds is 3. The predicted molar refractivity (Wildman–Crippen MR) is 69.7 cm³/mol. The first kappa shape index (κ1) is 12.2. The first-order chi connectivity index (χ1) is 8.58. The molecule has 0 aliphatic heterocycles. The van der Waals surface area contributed by atoms with Crippen molar-refractivity contribution in [2.45, 2.75) is 13.3 Å². The third-order valence-corrected chi connectivity index (χ3v) is 2.82. The number of nitrogens with one attached hydrogen (secondary N) is 1. The topological polar surface area (TPSA) is 58.0 Å². The molecule has 3 nitrogen and oxygen atoms in total. The Morgan fingerprint density at radius 1 is 1.17 bits per heavy atom. The van der Waals surface area contributed by atoms with Crippen LogP contribution in [0.4, 0.5) is 0 Å². The van der Waals surface area contributed by atoms with Crippen molar-refractivity contribution in [3.63, 3.8) is 0 Å². The van der Waals surface area contributed by atoms with E-state index in [0.29, 0.717) is 5.57 Å². The molecule has 0 radical (unpaired) electrons. The third-order valence-electron chi connectivity index (χ3n) is 2.82. The van der Waals surface area contributed by atoms with Crippen LogP contribution in [0, 0.1) is 5.41 Å². The minimum atomic E-state index is -0.222. The summed E-state index contributed by atoms with van der Waals surface area (Å²) >= 11 is 0. The average molecular weight is 239 g/mol. The third kappa shape index (κ3) is 2.51. The Kier molecular flexibility index (Phi) is 3.33. The molecule has 1 N–H and O–H groups in total. The van der Waals surface area contributed by atoms with E-state index in [1.807, 2.05) is 30.3 Å². The number of benzene rings is 1. The summed E-state index contributed by atoms with van der Waals surface area (Å²) in [6, 6.07) is 9.32. The summed E-state index contributed by atoms with van der Waals surface area (Å²) in [6.45, 7) is 1.67. The lowest BCUT2D eigenvalue weighted by Gasteiger charge is -2.12. The summed E-state index contributed by atoms with van der Waals surface area (Å²) in [4.78, 5) is 23.5. The second-order valence-electron chi connectivity index (χ2n) is 4.25. The molecule has 0 atom stereocenters. The molecule has 0 fully saturated rings. The molecule has 0 heterocycles. The fourth-order valence-corrected chi connectivity index (χ4v) is 1.85. The summed E-state index contributed by atoms with van der Waals surface area (Å²) in [5, 5.41) is 7.83. The number of ketones is 2. The van der Waals surface area contributed by atoms with Crippen molar-refractivity contribution in [1.29, 1.82) is 5.41 Å². The van der Waals surface area contributed by atoms with E-state index in [1.54, 1.807) is 6.92 Å². The van der Waals surface area contributed by atoms with Gasteiger partial charge in [0.1, 0.15) is 0 Å². The molecule has 1 aliphatic rings. The largest absolute Gasteiger partial charge is 0.300 e. The minimum absolute atomic E-state index is 0.149. The number of hydrogen-bond donors (Lipinski definition) is 1. The smallest absolute Gasteiger partial charge is 0.179 e. The Balaban J connectivity index is 2.20. The highest BCUT2D eigenvalue weighted by Gasteiger charge is 2.21. The minimum Gasteiger partial charge on any atom is -0.300 e. The Labute approximate surface area is 105 Å². The second kappa shape index (κ2) is 4.92. The number of carbonyl (C=O) groups excluding carboxylic acids is 2. The van der Waals surface area contributed by atoms with E-state index >= 15 is 0 Å². The zero-order valence-electron chi connectivity index (χ0n) is 10.1. The van der Waals surface area contributed by atoms with Gasteiger partial charge < -0.3 is 0 Å². The van der Waals surface area contributed by atoms with Crippen LogP contribution in [0.3, 0.4) is 0 Å². The Hall–Kier alpha value is -2.29. The Morgan fingerprint density at radius 3 is 2.50 bits per heavy atom. The number of hydrogen-bond acceptors (Lipinski definition) is 3. The van der Waals surface area contributed by atoms with Gasteiger partial charge in [0.15, 0.2) is 11.6 Å². The molecule has 0 spiro atoms. The van der Waals surface area contributed by atoms with Gasteiger partial charge in [0.25, 0.3) is 0 Å². The van der Waals surface area contributed by atoms with E-state index in [2.05, 4.69) is 0 Å². The molecule has 2 rings (SSSR count). The Morgan fingerprint density at radius 2 is 1.83 bits per heavy atom. The van der Waals surface area contributed by atoms with Gasteiger partial charge in [0.05, 0.1) is 5.71 Å². The average Bonchev–Trinajstić information content (AvgIpc) is 2.35. The SMILES string of the molecule is CC1=CC(=O)C=C(C(=O)Cc2ccccc2)C1=N. The van der Waals surface area contributed by atoms with Gasteiger partial charge in [-0.3, -0.25) is 15.0 Å². The molecule has 0 aromatic heterocycles. The van der Waals surface area contributed by atoms with E-state index < -0.39 is 0 Å². The van der Waals surface area contributed by atoms with Crippen LogP contribution in [0.15, 0.2) is 53.6 Å². The molecule has 18 heavy (non-hydrogen) atoms. The van der Waals surface area contributed by atoms with Gasteiger partial charge in [-0.1, -0.05) is 30.3 Å². The fraction of sp³-hybridized carbons (Fsp3) is 0.133. The number of carbonyl (C=O) groups is 2. The molecule has 0 saturated heterocycles. The monoisotopic (exact) mass is 239 g/mol. The van der Waals surface area contributed by atoms with Crippen molar-refractivity contribution in [1.82, 2.24) is 0 Å². The van der Waals surface area contributed by atoms with Crippen LogP contribution in [-0.4, -0.2) is 17.3 Å². The zero-order chi connectivity index (χ0) is 13.1. The maximum absolute atomic E-state index is 12.1. The molecule has 0 saturated carbocycles. The maximum Gasteiger partial charge on any atom is 0.179 e. The van der Waals surface area contributed by atoms with Crippen LogP contribution >= 0.6 is 0 Å². The molecule has 0 amide bonds. The molecule has 3 heteroatoms. The van der Waals surface area contributed by atoms with Crippen LogP contribution in [0.25, 0.3) is 0 Å². The number of Topliss-reactive ketones (excluding diaryl/α,β-unsaturated/α-hetero) is 1. The van der Waals surface area contributed by atoms with Crippen molar-refractivity contribution in [3.05, 3.63) is 59.2 Å². The molecule has 1 aromatic carbocycles. The summed E-state index contributed by atoms with van der Waals surface area (Å²) in [6.07, 6.45) is 2.85. The van der Waals surface area contributed by atoms with Crippen molar-refractivity contribution in [3.8, 4) is 0 Å². The van der Waals surface area contributed by atoms with Gasteiger partial charge in [-0.25, -0.2) is 0 Å². The molecule has 1 aromatic rings. The Bertz CT molecular complexity index is 580. The van der Waals surface area contributed by atoms with Crippen LogP contribution in [0.5, 0.6) is 0 Å². The van der Waals surface area contributed by atoms with Gasteiger partial charge in [-0.2, -0.15) is 0 Å². The van der Waals surface area contributed by atoms with E-state index in [1.165, 1.54) is 12.2 Å². The molecular formula is C15H13NO2. The standard InChI is InChI=1S/C15H13NO2/c1-10-7-12(17)9-13(15(10)16)14(18)8-11-5-3-2-4-6-11/h2-7,9,16H,8H2,1H3. The highest BCUT2D eigenvalue weighted by molar-refractivity contribution is 6.33. The lowest BCUT2D eigenvalue weighted by molar-refractivity contribution is -0.115. The van der Waals surface area contributed by atoms with Gasteiger partial charge in [-0.15, -0.1) is 0 Å². The van der Waals surface area contributed by atoms with Crippen molar-refractivity contribution in [2.75, 3.05) is 0 Å². The summed E-state index contributed by atoms with van der Waals surface area (Å²) in [5.41, 5.74) is 1.79. The second-order valence-corrected chi connectivity index (χ2v) is 4.25. The molecule has 0 unspecified atom stereocenters. The van der Waals surface area contributed by atoms with E-state index in [-0.39, 0.29) is 29.3 Å². The summed E-state index contributed by atoms with van der Waals surface area (Å²) in [7, 11) is 0. The van der Waals surface area contributed by atoms with Gasteiger partial charge in [-0.05, 0) is 30.2 Å². The lowest BCUT2D eigenvalue weighted by atomic mass is 9.91. The van der Waals surface area contributed by atoms with E-state index in [9.17, 15) is 9.59 Å². The van der Waals surface area contributed by atoms with Crippen molar-refractivity contribution in [2.24, 2.45) is 0 Å². The van der Waals surface area contributed by atoms with Gasteiger partial charge in [0.2, 0.25) is 0 Å².